The number of rotatable bonds is 2. The van der Waals surface area contributed by atoms with Gasteiger partial charge in [0, 0.05) is 18.0 Å². The number of hydrogen-bond acceptors (Lipinski definition) is 5. The molecular weight excluding hydrogens is 231 g/mol. The summed E-state index contributed by atoms with van der Waals surface area (Å²) in [4.78, 5) is 23.8. The molecule has 2 heterocycles. The van der Waals surface area contributed by atoms with Crippen molar-refractivity contribution in [3.05, 3.63) is 30.1 Å². The van der Waals surface area contributed by atoms with E-state index in [-0.39, 0.29) is 30.5 Å². The number of nitrogens with one attached hydrogen (secondary N) is 1. The Morgan fingerprint density at radius 3 is 2.50 bits per heavy atom. The first kappa shape index (κ1) is 16.6. The Kier molecular flexibility index (Phi) is 8.04. The molecule has 2 rings (SSSR count). The first-order valence-electron chi connectivity index (χ1n) is 5.19. The Hall–Kier alpha value is -1.35. The van der Waals surface area contributed by atoms with E-state index in [2.05, 4.69) is 10.3 Å². The van der Waals surface area contributed by atoms with Crippen LogP contribution in [0.2, 0.25) is 0 Å². The number of aromatic carboxylic acids is 1. The van der Waals surface area contributed by atoms with Gasteiger partial charge >= 0.3 is 24.8 Å². The molecule has 1 saturated heterocycles. The van der Waals surface area contributed by atoms with Gasteiger partial charge in [0.1, 0.15) is 6.04 Å². The van der Waals surface area contributed by atoms with E-state index in [1.165, 1.54) is 18.5 Å². The van der Waals surface area contributed by atoms with Crippen LogP contribution in [0.4, 0.5) is 0 Å². The summed E-state index contributed by atoms with van der Waals surface area (Å²) in [7, 11) is 0. The van der Waals surface area contributed by atoms with E-state index in [9.17, 15) is 14.7 Å². The molecule has 92 valence electrons. The number of pyridine rings is 1. The summed E-state index contributed by atoms with van der Waals surface area (Å²) < 4.78 is 0. The van der Waals surface area contributed by atoms with Crippen molar-refractivity contribution in [3.8, 4) is 0 Å². The third kappa shape index (κ3) is 5.82. The van der Waals surface area contributed by atoms with Crippen molar-refractivity contribution >= 4 is 11.9 Å². The van der Waals surface area contributed by atoms with Gasteiger partial charge in [-0.2, -0.15) is 0 Å². The summed E-state index contributed by atoms with van der Waals surface area (Å²) in [6.07, 6.45) is 4.54. The summed E-state index contributed by atoms with van der Waals surface area (Å²) in [5, 5.41) is 21.3. The van der Waals surface area contributed by atoms with Crippen LogP contribution < -0.4 is 29.3 Å². The summed E-state index contributed by atoms with van der Waals surface area (Å²) in [5.74, 6) is -1.91. The maximum Gasteiger partial charge on any atom is 1.00 e. The molecule has 0 amide bonds. The van der Waals surface area contributed by atoms with Crippen LogP contribution in [0.5, 0.6) is 0 Å². The first-order chi connectivity index (χ1) is 8.11. The van der Waals surface area contributed by atoms with Gasteiger partial charge in [-0.15, -0.1) is 0 Å². The zero-order chi connectivity index (χ0) is 12.7. The van der Waals surface area contributed by atoms with Crippen LogP contribution in [-0.4, -0.2) is 34.6 Å². The minimum absolute atomic E-state index is 0. The van der Waals surface area contributed by atoms with E-state index < -0.39 is 11.9 Å². The molecule has 7 heteroatoms. The number of hydrogen-bond donors (Lipinski definition) is 2. The van der Waals surface area contributed by atoms with Crippen molar-refractivity contribution in [2.24, 2.45) is 0 Å². The molecule has 1 fully saturated rings. The minimum atomic E-state index is -1.19. The molecule has 0 saturated carbocycles. The van der Waals surface area contributed by atoms with Gasteiger partial charge in [0.2, 0.25) is 0 Å². The van der Waals surface area contributed by atoms with Crippen LogP contribution in [0.25, 0.3) is 0 Å². The van der Waals surface area contributed by atoms with Crippen molar-refractivity contribution in [1.29, 1.82) is 0 Å². The minimum Gasteiger partial charge on any atom is -0.545 e. The molecule has 1 aliphatic heterocycles. The Morgan fingerprint density at radius 1 is 1.50 bits per heavy atom. The molecule has 2 N–H and O–H groups in total. The van der Waals surface area contributed by atoms with Crippen LogP contribution in [0.15, 0.2) is 24.5 Å². The Balaban J connectivity index is 0.000000306. The largest absolute Gasteiger partial charge is 1.00 e. The van der Waals surface area contributed by atoms with Crippen LogP contribution in [0.1, 0.15) is 23.2 Å². The second kappa shape index (κ2) is 8.70. The van der Waals surface area contributed by atoms with E-state index in [0.29, 0.717) is 0 Å². The summed E-state index contributed by atoms with van der Waals surface area (Å²) >= 11 is 0. The van der Waals surface area contributed by atoms with Gasteiger partial charge in [-0.3, -0.25) is 9.78 Å². The van der Waals surface area contributed by atoms with Gasteiger partial charge in [0.15, 0.2) is 0 Å². The molecule has 6 nitrogen and oxygen atoms in total. The van der Waals surface area contributed by atoms with Crippen molar-refractivity contribution < 1.29 is 38.7 Å². The fraction of sp³-hybridized carbons (Fsp3) is 0.364. The number of carbonyl (C=O) groups is 2. The van der Waals surface area contributed by atoms with Gasteiger partial charge in [0.05, 0.1) is 5.97 Å². The molecule has 0 aliphatic carbocycles. The molecule has 0 radical (unpaired) electrons. The van der Waals surface area contributed by atoms with Crippen molar-refractivity contribution in [2.75, 3.05) is 6.54 Å². The zero-order valence-corrected chi connectivity index (χ0v) is 10.1. The van der Waals surface area contributed by atoms with E-state index in [0.717, 1.165) is 19.4 Å². The van der Waals surface area contributed by atoms with Gasteiger partial charge in [-0.1, -0.05) is 6.07 Å². The standard InChI is InChI=1S/C6H5NO2.C5H9NO2.Li/c8-6(9)5-2-1-3-7-4-5;7-5(8)4-2-1-3-6-4;/h1-4H,(H,8,9);4,6H,1-3H2,(H,7,8);/q;;+1/p-1. The third-order valence-electron chi connectivity index (χ3n) is 2.26. The number of carbonyl (C=O) groups excluding carboxylic acids is 1. The topological polar surface area (TPSA) is 102 Å². The molecule has 1 atom stereocenters. The van der Waals surface area contributed by atoms with Crippen molar-refractivity contribution in [1.82, 2.24) is 10.3 Å². The van der Waals surface area contributed by atoms with Crippen molar-refractivity contribution in [2.45, 2.75) is 18.9 Å². The van der Waals surface area contributed by atoms with E-state index >= 15 is 0 Å². The predicted molar refractivity (Wildman–Crippen MR) is 57.2 cm³/mol. The van der Waals surface area contributed by atoms with E-state index in [1.54, 1.807) is 6.07 Å². The molecule has 0 spiro atoms. The Morgan fingerprint density at radius 2 is 2.22 bits per heavy atom. The fourth-order valence-corrected chi connectivity index (χ4v) is 1.38. The number of carboxylic acid groups (broad SMARTS) is 2. The number of nitrogens with zero attached hydrogens (tertiary/aromatic N) is 1. The van der Waals surface area contributed by atoms with Crippen LogP contribution in [0.3, 0.4) is 0 Å². The molecule has 1 aliphatic rings. The van der Waals surface area contributed by atoms with E-state index in [1.807, 2.05) is 0 Å². The Bertz CT molecular complexity index is 380. The maximum absolute atomic E-state index is 10.1. The van der Waals surface area contributed by atoms with E-state index in [4.69, 9.17) is 5.11 Å². The molecule has 18 heavy (non-hydrogen) atoms. The average molecular weight is 244 g/mol. The smallest absolute Gasteiger partial charge is 0.545 e. The zero-order valence-electron chi connectivity index (χ0n) is 10.1. The normalized spacial score (nSPS) is 17.0. The predicted octanol–water partition coefficient (Wildman–Crippen LogP) is -3.73. The third-order valence-corrected chi connectivity index (χ3v) is 2.26. The summed E-state index contributed by atoms with van der Waals surface area (Å²) in [6, 6.07) is 2.71. The van der Waals surface area contributed by atoms with Gasteiger partial charge in [0.25, 0.3) is 0 Å². The number of carboxylic acids is 2. The summed E-state index contributed by atoms with van der Waals surface area (Å²) in [5.41, 5.74) is 0.109. The Labute approximate surface area is 117 Å². The molecule has 0 bridgehead atoms. The van der Waals surface area contributed by atoms with Crippen LogP contribution >= 0.6 is 0 Å². The summed E-state index contributed by atoms with van der Waals surface area (Å²) in [6.45, 7) is 0.858. The molecule has 1 aromatic rings. The van der Waals surface area contributed by atoms with Gasteiger partial charge < -0.3 is 20.3 Å². The molecular formula is C11H13LiN2O4. The quantitative estimate of drug-likeness (QED) is 0.518. The van der Waals surface area contributed by atoms with Crippen LogP contribution in [-0.2, 0) is 4.79 Å². The number of aliphatic carboxylic acids is 1. The van der Waals surface area contributed by atoms with Crippen molar-refractivity contribution in [3.63, 3.8) is 0 Å². The second-order valence-electron chi connectivity index (χ2n) is 3.52. The molecule has 1 unspecified atom stereocenters. The number of aromatic nitrogens is 1. The van der Waals surface area contributed by atoms with Gasteiger partial charge in [-0.25, -0.2) is 0 Å². The van der Waals surface area contributed by atoms with Gasteiger partial charge in [-0.05, 0) is 25.5 Å². The van der Waals surface area contributed by atoms with Crippen LogP contribution in [0, 0.1) is 0 Å². The first-order valence-corrected chi connectivity index (χ1v) is 5.19. The SMILES string of the molecule is O=C(O)C1CCCN1.O=C([O-])c1cccnc1.[Li+]. The second-order valence-corrected chi connectivity index (χ2v) is 3.52. The maximum atomic E-state index is 10.1. The monoisotopic (exact) mass is 244 g/mol. The fourth-order valence-electron chi connectivity index (χ4n) is 1.38. The average Bonchev–Trinajstić information content (AvgIpc) is 2.84. The molecule has 0 aromatic carbocycles. The molecule has 1 aromatic heterocycles.